The van der Waals surface area contributed by atoms with Gasteiger partial charge in [0, 0.05) is 66.4 Å². The van der Waals surface area contributed by atoms with Crippen LogP contribution in [0.15, 0.2) is 54.9 Å². The summed E-state index contributed by atoms with van der Waals surface area (Å²) >= 11 is 1.28. The van der Waals surface area contributed by atoms with Crippen LogP contribution in [0.3, 0.4) is 0 Å². The monoisotopic (exact) mass is 492 g/mol. The molecule has 2 N–H and O–H groups in total. The van der Waals surface area contributed by atoms with E-state index in [-0.39, 0.29) is 18.7 Å². The molecule has 3 heterocycles. The van der Waals surface area contributed by atoms with E-state index in [1.807, 2.05) is 48.7 Å². The molecule has 2 aromatic carbocycles. The van der Waals surface area contributed by atoms with Gasteiger partial charge in [-0.05, 0) is 41.3 Å². The Morgan fingerprint density at radius 1 is 1.09 bits per heavy atom. The van der Waals surface area contributed by atoms with E-state index in [1.54, 1.807) is 11.1 Å². The number of benzene rings is 2. The number of nitrogens with one attached hydrogen (secondary N) is 2. The Morgan fingerprint density at radius 2 is 1.89 bits per heavy atom. The minimum atomic E-state index is -2.69. The van der Waals surface area contributed by atoms with E-state index in [1.165, 1.54) is 17.1 Å². The molecule has 1 aliphatic carbocycles. The van der Waals surface area contributed by atoms with Crippen molar-refractivity contribution >= 4 is 28.3 Å². The van der Waals surface area contributed by atoms with Gasteiger partial charge >= 0.3 is 0 Å². The summed E-state index contributed by atoms with van der Waals surface area (Å²) in [5, 5.41) is 10.8. The summed E-state index contributed by atoms with van der Waals surface area (Å²) in [6.45, 7) is 0.998. The van der Waals surface area contributed by atoms with Gasteiger partial charge < -0.3 is 10.2 Å². The van der Waals surface area contributed by atoms with Crippen molar-refractivity contribution in [1.29, 1.82) is 0 Å². The van der Waals surface area contributed by atoms with Gasteiger partial charge in [-0.25, -0.2) is 8.78 Å². The summed E-state index contributed by atoms with van der Waals surface area (Å²) < 4.78 is 30.9. The normalized spacial score (nSPS) is 17.0. The van der Waals surface area contributed by atoms with E-state index >= 15 is 0 Å². The number of hydrogen-bond donors (Lipinski definition) is 2. The van der Waals surface area contributed by atoms with Crippen LogP contribution in [0.25, 0.3) is 22.5 Å². The molecule has 178 valence electrons. The smallest absolute Gasteiger partial charge is 0.249 e. The summed E-state index contributed by atoms with van der Waals surface area (Å²) in [5.41, 5.74) is 6.05. The maximum Gasteiger partial charge on any atom is 0.249 e. The van der Waals surface area contributed by atoms with Gasteiger partial charge in [-0.1, -0.05) is 24.3 Å². The number of nitrogens with zero attached hydrogens (tertiary/aromatic N) is 4. The summed E-state index contributed by atoms with van der Waals surface area (Å²) in [4.78, 5) is 19.0. The molecule has 7 nitrogen and oxygen atoms in total. The van der Waals surface area contributed by atoms with Crippen LogP contribution in [0.2, 0.25) is 0 Å². The molecule has 0 saturated heterocycles. The van der Waals surface area contributed by atoms with E-state index in [2.05, 4.69) is 24.9 Å². The molecule has 1 amide bonds. The molecule has 1 aliphatic heterocycles. The highest BCUT2D eigenvalue weighted by molar-refractivity contribution is 7.09. The molecule has 0 unspecified atom stereocenters. The third-order valence-corrected chi connectivity index (χ3v) is 7.25. The lowest BCUT2D eigenvalue weighted by Crippen LogP contribution is -2.48. The Bertz CT molecular complexity index is 1360. The number of H-pyrrole nitrogens is 1. The van der Waals surface area contributed by atoms with Gasteiger partial charge in [0.2, 0.25) is 17.0 Å². The zero-order chi connectivity index (χ0) is 24.0. The summed E-state index contributed by atoms with van der Waals surface area (Å²) in [6.07, 6.45) is 3.67. The topological polar surface area (TPSA) is 86.8 Å². The summed E-state index contributed by atoms with van der Waals surface area (Å²) in [6, 6.07) is 14.0. The molecule has 2 aliphatic rings. The van der Waals surface area contributed by atoms with Crippen molar-refractivity contribution in [2.24, 2.45) is 5.92 Å². The number of carbonyl (C=O) groups excluding carboxylic acids is 1. The Labute approximate surface area is 204 Å². The first-order valence-electron chi connectivity index (χ1n) is 11.4. The van der Waals surface area contributed by atoms with Gasteiger partial charge in [0.1, 0.15) is 0 Å². The lowest BCUT2D eigenvalue weighted by Gasteiger charge is -2.38. The number of alkyl halides is 2. The minimum absolute atomic E-state index is 0.163. The molecule has 1 fully saturated rings. The van der Waals surface area contributed by atoms with E-state index in [9.17, 15) is 13.6 Å². The maximum atomic E-state index is 13.2. The van der Waals surface area contributed by atoms with Crippen LogP contribution in [0, 0.1) is 5.92 Å². The number of carbonyl (C=O) groups is 1. The fraction of sp³-hybridized carbons (Fsp3) is 0.280. The first kappa shape index (κ1) is 21.8. The van der Waals surface area contributed by atoms with Crippen LogP contribution in [0.4, 0.5) is 19.6 Å². The number of hydrogen-bond acceptors (Lipinski definition) is 6. The predicted octanol–water partition coefficient (Wildman–Crippen LogP) is 5.27. The Hall–Kier alpha value is -3.66. The lowest BCUT2D eigenvalue weighted by molar-refractivity contribution is -0.160. The minimum Gasteiger partial charge on any atom is -0.338 e. The third kappa shape index (κ3) is 4.41. The first-order chi connectivity index (χ1) is 16.9. The second-order valence-corrected chi connectivity index (χ2v) is 9.82. The molecule has 10 heteroatoms. The van der Waals surface area contributed by atoms with Crippen LogP contribution < -0.4 is 5.32 Å². The van der Waals surface area contributed by atoms with Crippen molar-refractivity contribution < 1.29 is 13.6 Å². The molecule has 6 rings (SSSR count). The molecular weight excluding hydrogens is 470 g/mol. The van der Waals surface area contributed by atoms with Crippen molar-refractivity contribution in [2.75, 3.05) is 11.9 Å². The van der Waals surface area contributed by atoms with E-state index in [0.717, 1.165) is 34.4 Å². The number of anilines is 2. The van der Waals surface area contributed by atoms with Crippen LogP contribution in [-0.4, -0.2) is 42.8 Å². The van der Waals surface area contributed by atoms with Crippen LogP contribution in [0.5, 0.6) is 0 Å². The van der Waals surface area contributed by atoms with Gasteiger partial charge in [-0.2, -0.15) is 14.5 Å². The largest absolute Gasteiger partial charge is 0.338 e. The fourth-order valence-electron chi connectivity index (χ4n) is 4.65. The third-order valence-electron chi connectivity index (χ3n) is 6.62. The Kier molecular flexibility index (Phi) is 5.32. The highest BCUT2D eigenvalue weighted by Crippen LogP contribution is 2.43. The number of fused-ring (bicyclic) bond motifs is 1. The highest BCUT2D eigenvalue weighted by Gasteiger charge is 2.49. The quantitative estimate of drug-likeness (QED) is 0.396. The standard InChI is InChI=1S/C25H22F2N6OS/c26-25(27)10-19(11-25)23(34)33-8-7-16-1-2-17(9-18(16)14-33)22-31-24(35-32-22)30-21-5-3-15(4-6-21)20-12-28-29-13-20/h1-6,9,12-13,19H,7-8,10-11,14H2,(H,28,29)(H,30,31,32). The van der Waals surface area contributed by atoms with E-state index < -0.39 is 11.8 Å². The van der Waals surface area contributed by atoms with Gasteiger partial charge in [0.25, 0.3) is 0 Å². The predicted molar refractivity (Wildman–Crippen MR) is 129 cm³/mol. The number of halogens is 2. The number of rotatable bonds is 5. The molecule has 1 saturated carbocycles. The molecular formula is C25H22F2N6OS. The number of amides is 1. The molecule has 0 spiro atoms. The van der Waals surface area contributed by atoms with Crippen molar-refractivity contribution in [3.8, 4) is 22.5 Å². The zero-order valence-corrected chi connectivity index (χ0v) is 19.5. The van der Waals surface area contributed by atoms with Crippen molar-refractivity contribution in [2.45, 2.75) is 31.7 Å². The van der Waals surface area contributed by atoms with Gasteiger partial charge in [-0.3, -0.25) is 9.89 Å². The van der Waals surface area contributed by atoms with Crippen LogP contribution in [0.1, 0.15) is 24.0 Å². The molecule has 4 aromatic rings. The highest BCUT2D eigenvalue weighted by atomic mass is 32.1. The lowest BCUT2D eigenvalue weighted by atomic mass is 9.80. The molecule has 0 radical (unpaired) electrons. The van der Waals surface area contributed by atoms with Crippen LogP contribution >= 0.6 is 11.5 Å². The van der Waals surface area contributed by atoms with Gasteiger partial charge in [0.15, 0.2) is 5.82 Å². The van der Waals surface area contributed by atoms with Crippen LogP contribution in [-0.2, 0) is 17.8 Å². The molecule has 2 aromatic heterocycles. The Balaban J connectivity index is 1.14. The molecule has 0 bridgehead atoms. The fourth-order valence-corrected chi connectivity index (χ4v) is 5.26. The van der Waals surface area contributed by atoms with E-state index in [4.69, 9.17) is 0 Å². The second-order valence-electron chi connectivity index (χ2n) is 9.07. The average Bonchev–Trinajstić information content (AvgIpc) is 3.55. The number of aromatic amines is 1. The van der Waals surface area contributed by atoms with Gasteiger partial charge in [0.05, 0.1) is 6.20 Å². The summed E-state index contributed by atoms with van der Waals surface area (Å²) in [5.74, 6) is -2.80. The number of aromatic nitrogens is 4. The zero-order valence-electron chi connectivity index (χ0n) is 18.7. The van der Waals surface area contributed by atoms with E-state index in [0.29, 0.717) is 24.0 Å². The van der Waals surface area contributed by atoms with Crippen molar-refractivity contribution in [3.05, 3.63) is 66.0 Å². The van der Waals surface area contributed by atoms with Crippen molar-refractivity contribution in [3.63, 3.8) is 0 Å². The average molecular weight is 493 g/mol. The van der Waals surface area contributed by atoms with Gasteiger partial charge in [-0.15, -0.1) is 0 Å². The second kappa shape index (κ2) is 8.53. The molecule has 35 heavy (non-hydrogen) atoms. The molecule has 0 atom stereocenters. The van der Waals surface area contributed by atoms with Crippen molar-refractivity contribution in [1.82, 2.24) is 24.5 Å². The SMILES string of the molecule is O=C(C1CC(F)(F)C1)N1CCc2ccc(-c3nsc(Nc4ccc(-c5cn[nH]c5)cc4)n3)cc2C1. The Morgan fingerprint density at radius 3 is 2.63 bits per heavy atom. The first-order valence-corrected chi connectivity index (χ1v) is 12.2. The maximum absolute atomic E-state index is 13.2. The summed E-state index contributed by atoms with van der Waals surface area (Å²) in [7, 11) is 0.